The van der Waals surface area contributed by atoms with Crippen molar-refractivity contribution >= 4 is 18.0 Å². The molecule has 0 bridgehead atoms. The van der Waals surface area contributed by atoms with Crippen LogP contribution >= 0.6 is 0 Å². The van der Waals surface area contributed by atoms with E-state index in [1.165, 1.54) is 22.3 Å². The third kappa shape index (κ3) is 8.41. The molecule has 2 atom stereocenters. The molecule has 0 radical (unpaired) electrons. The molecule has 41 heavy (non-hydrogen) atoms. The van der Waals surface area contributed by atoms with Gasteiger partial charge in [0, 0.05) is 32.0 Å². The van der Waals surface area contributed by atoms with Gasteiger partial charge in [-0.25, -0.2) is 9.59 Å². The van der Waals surface area contributed by atoms with Gasteiger partial charge >= 0.3 is 12.1 Å². The van der Waals surface area contributed by atoms with E-state index in [0.717, 1.165) is 5.56 Å². The van der Waals surface area contributed by atoms with Crippen LogP contribution in [0.1, 0.15) is 48.8 Å². The highest BCUT2D eigenvalue weighted by Gasteiger charge is 2.29. The highest BCUT2D eigenvalue weighted by Crippen LogP contribution is 2.44. The summed E-state index contributed by atoms with van der Waals surface area (Å²) in [7, 11) is 1.83. The summed E-state index contributed by atoms with van der Waals surface area (Å²) in [5.74, 6) is -1.17. The van der Waals surface area contributed by atoms with Crippen molar-refractivity contribution in [1.82, 2.24) is 15.5 Å². The predicted molar refractivity (Wildman–Crippen MR) is 158 cm³/mol. The van der Waals surface area contributed by atoms with Crippen LogP contribution in [0.2, 0.25) is 0 Å². The Morgan fingerprint density at radius 1 is 0.902 bits per heavy atom. The zero-order valence-electron chi connectivity index (χ0n) is 23.7. The van der Waals surface area contributed by atoms with Crippen molar-refractivity contribution in [2.45, 2.75) is 44.7 Å². The van der Waals surface area contributed by atoms with Crippen LogP contribution in [0.3, 0.4) is 0 Å². The normalized spacial score (nSPS) is 13.6. The van der Waals surface area contributed by atoms with E-state index in [1.54, 1.807) is 0 Å². The van der Waals surface area contributed by atoms with E-state index in [0.29, 0.717) is 25.9 Å². The average Bonchev–Trinajstić information content (AvgIpc) is 3.28. The van der Waals surface area contributed by atoms with E-state index < -0.39 is 18.1 Å². The van der Waals surface area contributed by atoms with Crippen molar-refractivity contribution < 1.29 is 24.2 Å². The van der Waals surface area contributed by atoms with Crippen LogP contribution in [-0.4, -0.2) is 60.8 Å². The topological polar surface area (TPSA) is 108 Å². The van der Waals surface area contributed by atoms with Gasteiger partial charge < -0.3 is 20.5 Å². The number of likely N-dealkylation sites (N-methyl/N-ethyl adjacent to an activating group) is 1. The molecule has 2 unspecified atom stereocenters. The first-order valence-corrected chi connectivity index (χ1v) is 14.1. The zero-order chi connectivity index (χ0) is 29.2. The minimum Gasteiger partial charge on any atom is -0.480 e. The minimum absolute atomic E-state index is 0.0124. The van der Waals surface area contributed by atoms with Gasteiger partial charge in [-0.15, -0.1) is 0 Å². The fourth-order valence-corrected chi connectivity index (χ4v) is 5.32. The largest absolute Gasteiger partial charge is 0.480 e. The molecule has 3 aromatic rings. The third-order valence-electron chi connectivity index (χ3n) is 7.54. The Balaban J connectivity index is 1.14. The molecule has 0 heterocycles. The van der Waals surface area contributed by atoms with Gasteiger partial charge in [0.2, 0.25) is 5.91 Å². The summed E-state index contributed by atoms with van der Waals surface area (Å²) in [6, 6.07) is 25.2. The Morgan fingerprint density at radius 2 is 1.51 bits per heavy atom. The smallest absolute Gasteiger partial charge is 0.407 e. The quantitative estimate of drug-likeness (QED) is 0.257. The van der Waals surface area contributed by atoms with E-state index in [4.69, 9.17) is 4.74 Å². The molecule has 3 aromatic carbocycles. The number of alkyl carbamates (subject to hydrolysis) is 1. The number of carboxylic acids is 1. The average molecular weight is 558 g/mol. The van der Waals surface area contributed by atoms with Gasteiger partial charge in [0.25, 0.3) is 0 Å². The van der Waals surface area contributed by atoms with E-state index in [2.05, 4.69) is 34.9 Å². The molecule has 1 aliphatic carbocycles. The lowest BCUT2D eigenvalue weighted by molar-refractivity contribution is -0.142. The second-order valence-electron chi connectivity index (χ2n) is 10.8. The summed E-state index contributed by atoms with van der Waals surface area (Å²) in [4.78, 5) is 38.5. The van der Waals surface area contributed by atoms with Gasteiger partial charge in [-0.05, 0) is 53.6 Å². The molecule has 1 aliphatic rings. The Labute approximate surface area is 241 Å². The van der Waals surface area contributed by atoms with Gasteiger partial charge in [-0.3, -0.25) is 9.69 Å². The van der Waals surface area contributed by atoms with Crippen LogP contribution < -0.4 is 10.6 Å². The van der Waals surface area contributed by atoms with Crippen molar-refractivity contribution in [3.05, 3.63) is 95.6 Å². The van der Waals surface area contributed by atoms with Crippen LogP contribution in [0, 0.1) is 5.92 Å². The summed E-state index contributed by atoms with van der Waals surface area (Å²) in [5, 5.41) is 15.1. The molecular weight excluding hydrogens is 518 g/mol. The predicted octanol–water partition coefficient (Wildman–Crippen LogP) is 5.03. The number of rotatable bonds is 14. The Morgan fingerprint density at radius 3 is 2.15 bits per heavy atom. The lowest BCUT2D eigenvalue weighted by Gasteiger charge is -2.22. The van der Waals surface area contributed by atoms with Gasteiger partial charge in [0.15, 0.2) is 0 Å². The molecule has 0 aromatic heterocycles. The minimum atomic E-state index is -1.06. The lowest BCUT2D eigenvalue weighted by atomic mass is 9.98. The number of hydrogen-bond acceptors (Lipinski definition) is 5. The molecule has 216 valence electrons. The third-order valence-corrected chi connectivity index (χ3v) is 7.54. The monoisotopic (exact) mass is 557 g/mol. The van der Waals surface area contributed by atoms with Crippen LogP contribution in [-0.2, 0) is 20.9 Å². The first kappa shape index (κ1) is 29.8. The number of aliphatic carboxylic acids is 1. The molecule has 4 rings (SSSR count). The van der Waals surface area contributed by atoms with Crippen LogP contribution in [0.5, 0.6) is 0 Å². The van der Waals surface area contributed by atoms with Crippen molar-refractivity contribution in [3.63, 3.8) is 0 Å². The number of ether oxygens (including phenoxy) is 1. The standard InChI is InChI=1S/C33H39N3O5/c1-23(16-17-31(37)35-30(32(38)39)21-36(2)20-24-10-4-3-5-11-24)18-19-34-33(40)41-22-29-27-14-8-6-12-25(27)26-13-7-9-15-28(26)29/h3-15,23,29-30H,16-22H2,1-2H3,(H,34,40)(H,35,37)(H,38,39). The van der Waals surface area contributed by atoms with Crippen LogP contribution in [0.4, 0.5) is 4.79 Å². The van der Waals surface area contributed by atoms with E-state index in [1.807, 2.05) is 73.5 Å². The molecule has 0 fully saturated rings. The number of nitrogens with one attached hydrogen (secondary N) is 2. The summed E-state index contributed by atoms with van der Waals surface area (Å²) in [6.45, 7) is 3.50. The van der Waals surface area contributed by atoms with E-state index in [9.17, 15) is 19.5 Å². The number of amides is 2. The number of nitrogens with zero attached hydrogens (tertiary/aromatic N) is 1. The molecule has 3 N–H and O–H groups in total. The van der Waals surface area contributed by atoms with Crippen LogP contribution in [0.25, 0.3) is 11.1 Å². The molecule has 8 heteroatoms. The Hall–Kier alpha value is -4.17. The molecule has 0 spiro atoms. The Kier molecular flexibility index (Phi) is 10.5. The number of benzene rings is 3. The second-order valence-corrected chi connectivity index (χ2v) is 10.8. The summed E-state index contributed by atoms with van der Waals surface area (Å²) in [6.07, 6.45) is 1.03. The number of carbonyl (C=O) groups excluding carboxylic acids is 2. The fourth-order valence-electron chi connectivity index (χ4n) is 5.32. The van der Waals surface area contributed by atoms with Crippen LogP contribution in [0.15, 0.2) is 78.9 Å². The highest BCUT2D eigenvalue weighted by atomic mass is 16.5. The van der Waals surface area contributed by atoms with Gasteiger partial charge in [0.1, 0.15) is 12.6 Å². The number of carbonyl (C=O) groups is 3. The molecule has 8 nitrogen and oxygen atoms in total. The van der Waals surface area contributed by atoms with Gasteiger partial charge in [-0.2, -0.15) is 0 Å². The zero-order valence-corrected chi connectivity index (χ0v) is 23.7. The van der Waals surface area contributed by atoms with E-state index in [-0.39, 0.29) is 37.3 Å². The molecule has 2 amide bonds. The van der Waals surface area contributed by atoms with Crippen molar-refractivity contribution in [1.29, 1.82) is 0 Å². The summed E-state index contributed by atoms with van der Waals surface area (Å²) >= 11 is 0. The van der Waals surface area contributed by atoms with E-state index >= 15 is 0 Å². The molecule has 0 saturated heterocycles. The molecule has 0 saturated carbocycles. The summed E-state index contributed by atoms with van der Waals surface area (Å²) < 4.78 is 5.58. The molecular formula is C33H39N3O5. The van der Waals surface area contributed by atoms with Crippen molar-refractivity contribution in [2.75, 3.05) is 26.7 Å². The number of hydrogen-bond donors (Lipinski definition) is 3. The van der Waals surface area contributed by atoms with Gasteiger partial charge in [-0.1, -0.05) is 85.8 Å². The Bertz CT molecular complexity index is 1280. The van der Waals surface area contributed by atoms with Crippen molar-refractivity contribution in [3.8, 4) is 11.1 Å². The highest BCUT2D eigenvalue weighted by molar-refractivity contribution is 5.83. The first-order chi connectivity index (χ1) is 19.8. The van der Waals surface area contributed by atoms with Gasteiger partial charge in [0.05, 0.1) is 0 Å². The lowest BCUT2D eigenvalue weighted by Crippen LogP contribution is -2.47. The number of fused-ring (bicyclic) bond motifs is 3. The SMILES string of the molecule is CC(CCNC(=O)OCC1c2ccccc2-c2ccccc21)CCC(=O)NC(CN(C)Cc1ccccc1)C(=O)O. The second kappa shape index (κ2) is 14.5. The fraction of sp³-hybridized carbons (Fsp3) is 0.364. The maximum Gasteiger partial charge on any atom is 0.407 e. The van der Waals surface area contributed by atoms with Crippen molar-refractivity contribution in [2.24, 2.45) is 5.92 Å². The number of carboxylic acid groups (broad SMARTS) is 1. The molecule has 0 aliphatic heterocycles. The maximum atomic E-state index is 12.5. The maximum absolute atomic E-state index is 12.5. The summed E-state index contributed by atoms with van der Waals surface area (Å²) in [5.41, 5.74) is 5.78. The first-order valence-electron chi connectivity index (χ1n) is 14.1.